The number of fused-ring (bicyclic) bond motifs is 1. The summed E-state index contributed by atoms with van der Waals surface area (Å²) in [5.41, 5.74) is 8.54. The van der Waals surface area contributed by atoms with Crippen molar-refractivity contribution in [1.82, 2.24) is 14.6 Å². The number of hydrogen-bond acceptors (Lipinski definition) is 3. The standard InChI is InChI=1S/C11H15ClN4.ClH/c1-3-4-8(13)9-5-10-14-11(12)7(2)6-16(10)15-9;/h5-6,8H,3-4,13H2,1-2H3;1H/t8-;/m0./s1. The quantitative estimate of drug-likeness (QED) is 0.876. The zero-order valence-corrected chi connectivity index (χ0v) is 11.4. The van der Waals surface area contributed by atoms with E-state index in [2.05, 4.69) is 17.0 Å². The van der Waals surface area contributed by atoms with E-state index in [0.29, 0.717) is 5.15 Å². The van der Waals surface area contributed by atoms with Crippen molar-refractivity contribution in [2.24, 2.45) is 5.73 Å². The van der Waals surface area contributed by atoms with Gasteiger partial charge in [0, 0.05) is 23.9 Å². The number of nitrogens with two attached hydrogens (primary N) is 1. The van der Waals surface area contributed by atoms with Gasteiger partial charge in [0.25, 0.3) is 0 Å². The first-order valence-corrected chi connectivity index (χ1v) is 5.77. The van der Waals surface area contributed by atoms with Crippen LogP contribution in [-0.4, -0.2) is 14.6 Å². The Morgan fingerprint density at radius 2 is 2.24 bits per heavy atom. The van der Waals surface area contributed by atoms with Crippen LogP contribution in [0.5, 0.6) is 0 Å². The first-order chi connectivity index (χ1) is 7.61. The molecule has 4 nitrogen and oxygen atoms in total. The minimum atomic E-state index is -0.0224. The molecule has 1 atom stereocenters. The summed E-state index contributed by atoms with van der Waals surface area (Å²) in [7, 11) is 0. The van der Waals surface area contributed by atoms with Gasteiger partial charge in [0.15, 0.2) is 5.65 Å². The molecule has 17 heavy (non-hydrogen) atoms. The van der Waals surface area contributed by atoms with E-state index >= 15 is 0 Å². The molecule has 6 heteroatoms. The van der Waals surface area contributed by atoms with E-state index < -0.39 is 0 Å². The highest BCUT2D eigenvalue weighted by Gasteiger charge is 2.11. The van der Waals surface area contributed by atoms with Gasteiger partial charge in [-0.1, -0.05) is 24.9 Å². The average molecular weight is 275 g/mol. The lowest BCUT2D eigenvalue weighted by Gasteiger charge is -2.04. The SMILES string of the molecule is CCC[C@H](N)c1cc2nc(Cl)c(C)cn2n1.Cl. The van der Waals surface area contributed by atoms with E-state index in [1.807, 2.05) is 19.2 Å². The lowest BCUT2D eigenvalue weighted by atomic mass is 10.1. The normalized spacial score (nSPS) is 12.5. The van der Waals surface area contributed by atoms with Crippen LogP contribution >= 0.6 is 24.0 Å². The number of nitrogens with zero attached hydrogens (tertiary/aromatic N) is 3. The number of rotatable bonds is 3. The molecule has 0 bridgehead atoms. The highest BCUT2D eigenvalue weighted by atomic mass is 35.5. The first-order valence-electron chi connectivity index (χ1n) is 5.39. The Bertz CT molecular complexity index is 470. The molecule has 94 valence electrons. The van der Waals surface area contributed by atoms with Crippen LogP contribution < -0.4 is 5.73 Å². The van der Waals surface area contributed by atoms with Gasteiger partial charge >= 0.3 is 0 Å². The fourth-order valence-electron chi connectivity index (χ4n) is 1.65. The zero-order chi connectivity index (χ0) is 11.7. The van der Waals surface area contributed by atoms with Gasteiger partial charge in [-0.15, -0.1) is 12.4 Å². The van der Waals surface area contributed by atoms with E-state index in [1.54, 1.807) is 4.52 Å². The highest BCUT2D eigenvalue weighted by Crippen LogP contribution is 2.18. The molecule has 0 saturated carbocycles. The fourth-order valence-corrected chi connectivity index (χ4v) is 1.78. The highest BCUT2D eigenvalue weighted by molar-refractivity contribution is 6.30. The molecule has 0 aliphatic heterocycles. The maximum absolute atomic E-state index is 6.01. The lowest BCUT2D eigenvalue weighted by molar-refractivity contribution is 0.615. The molecule has 2 aromatic heterocycles. The summed E-state index contributed by atoms with van der Waals surface area (Å²) in [6, 6.07) is 1.87. The van der Waals surface area contributed by atoms with Crippen molar-refractivity contribution < 1.29 is 0 Å². The Morgan fingerprint density at radius 1 is 1.53 bits per heavy atom. The third-order valence-corrected chi connectivity index (χ3v) is 2.95. The predicted molar refractivity (Wildman–Crippen MR) is 71.8 cm³/mol. The lowest BCUT2D eigenvalue weighted by Crippen LogP contribution is -2.10. The smallest absolute Gasteiger partial charge is 0.157 e. The van der Waals surface area contributed by atoms with E-state index in [-0.39, 0.29) is 18.4 Å². The van der Waals surface area contributed by atoms with Gasteiger partial charge in [0.1, 0.15) is 5.15 Å². The second-order valence-electron chi connectivity index (χ2n) is 3.98. The summed E-state index contributed by atoms with van der Waals surface area (Å²) in [5.74, 6) is 0. The third kappa shape index (κ3) is 2.89. The van der Waals surface area contributed by atoms with Crippen molar-refractivity contribution in [3.05, 3.63) is 28.7 Å². The molecule has 0 aliphatic carbocycles. The summed E-state index contributed by atoms with van der Waals surface area (Å²) in [6.45, 7) is 4.01. The summed E-state index contributed by atoms with van der Waals surface area (Å²) < 4.78 is 1.73. The van der Waals surface area contributed by atoms with Gasteiger partial charge in [-0.05, 0) is 13.3 Å². The van der Waals surface area contributed by atoms with Crippen LogP contribution in [0.15, 0.2) is 12.3 Å². The molecule has 0 radical (unpaired) electrons. The number of aromatic nitrogens is 3. The van der Waals surface area contributed by atoms with E-state index in [9.17, 15) is 0 Å². The van der Waals surface area contributed by atoms with Crippen molar-refractivity contribution in [1.29, 1.82) is 0 Å². The molecule has 0 fully saturated rings. The maximum atomic E-state index is 6.01. The van der Waals surface area contributed by atoms with Crippen molar-refractivity contribution >= 4 is 29.7 Å². The fraction of sp³-hybridized carbons (Fsp3) is 0.455. The third-order valence-electron chi connectivity index (χ3n) is 2.57. The van der Waals surface area contributed by atoms with Crippen LogP contribution in [0.1, 0.15) is 37.1 Å². The van der Waals surface area contributed by atoms with Crippen molar-refractivity contribution in [3.63, 3.8) is 0 Å². The van der Waals surface area contributed by atoms with Crippen LogP contribution in [0.2, 0.25) is 5.15 Å². The number of halogens is 2. The van der Waals surface area contributed by atoms with Crippen LogP contribution in [0.25, 0.3) is 5.65 Å². The van der Waals surface area contributed by atoms with Gasteiger partial charge < -0.3 is 5.73 Å². The topological polar surface area (TPSA) is 56.2 Å². The van der Waals surface area contributed by atoms with Crippen LogP contribution in [0.3, 0.4) is 0 Å². The number of aryl methyl sites for hydroxylation is 1. The Labute approximate surface area is 112 Å². The average Bonchev–Trinajstić information content (AvgIpc) is 2.62. The molecule has 2 N–H and O–H groups in total. The van der Waals surface area contributed by atoms with Crippen molar-refractivity contribution in [3.8, 4) is 0 Å². The predicted octanol–water partition coefficient (Wildman–Crippen LogP) is 2.91. The minimum absolute atomic E-state index is 0. The summed E-state index contributed by atoms with van der Waals surface area (Å²) in [4.78, 5) is 4.25. The monoisotopic (exact) mass is 274 g/mol. The Balaban J connectivity index is 0.00000144. The van der Waals surface area contributed by atoms with Crippen LogP contribution in [-0.2, 0) is 0 Å². The second kappa shape index (κ2) is 5.67. The van der Waals surface area contributed by atoms with E-state index in [0.717, 1.165) is 29.7 Å². The number of hydrogen-bond donors (Lipinski definition) is 1. The van der Waals surface area contributed by atoms with E-state index in [1.165, 1.54) is 0 Å². The Morgan fingerprint density at radius 3 is 2.88 bits per heavy atom. The summed E-state index contributed by atoms with van der Waals surface area (Å²) in [5, 5.41) is 4.92. The molecule has 0 saturated heterocycles. The second-order valence-corrected chi connectivity index (χ2v) is 4.34. The largest absolute Gasteiger partial charge is 0.323 e. The Hall–Kier alpha value is -0.840. The molecule has 0 spiro atoms. The molecule has 0 unspecified atom stereocenters. The molecule has 2 rings (SSSR count). The summed E-state index contributed by atoms with van der Waals surface area (Å²) >= 11 is 5.95. The Kier molecular flexibility index (Phi) is 4.74. The molecule has 0 aliphatic rings. The molecule has 0 aromatic carbocycles. The van der Waals surface area contributed by atoms with Gasteiger partial charge in [-0.2, -0.15) is 5.10 Å². The molecular formula is C11H16Cl2N4. The van der Waals surface area contributed by atoms with Gasteiger partial charge in [0.2, 0.25) is 0 Å². The van der Waals surface area contributed by atoms with Crippen LogP contribution in [0, 0.1) is 6.92 Å². The molecular weight excluding hydrogens is 259 g/mol. The zero-order valence-electron chi connectivity index (χ0n) is 9.85. The van der Waals surface area contributed by atoms with Gasteiger partial charge in [0.05, 0.1) is 5.69 Å². The summed E-state index contributed by atoms with van der Waals surface area (Å²) in [6.07, 6.45) is 3.84. The molecule has 2 aromatic rings. The van der Waals surface area contributed by atoms with Gasteiger partial charge in [-0.25, -0.2) is 9.50 Å². The van der Waals surface area contributed by atoms with E-state index in [4.69, 9.17) is 17.3 Å². The first kappa shape index (κ1) is 14.2. The minimum Gasteiger partial charge on any atom is -0.323 e. The maximum Gasteiger partial charge on any atom is 0.157 e. The molecule has 2 heterocycles. The van der Waals surface area contributed by atoms with Crippen molar-refractivity contribution in [2.45, 2.75) is 32.7 Å². The van der Waals surface area contributed by atoms with Crippen molar-refractivity contribution in [2.75, 3.05) is 0 Å². The van der Waals surface area contributed by atoms with Crippen LogP contribution in [0.4, 0.5) is 0 Å². The molecule has 0 amide bonds. The van der Waals surface area contributed by atoms with Gasteiger partial charge in [-0.3, -0.25) is 0 Å².